The van der Waals surface area contributed by atoms with Gasteiger partial charge in [-0.2, -0.15) is 0 Å². The molecule has 0 saturated heterocycles. The molecule has 0 aromatic carbocycles. The maximum atomic E-state index is 5.51. The fourth-order valence-corrected chi connectivity index (χ4v) is 1.92. The molecule has 0 aliphatic rings. The molecular formula is C12H14BrN3O. The summed E-state index contributed by atoms with van der Waals surface area (Å²) in [5.74, 6) is 2.44. The van der Waals surface area contributed by atoms with Gasteiger partial charge >= 0.3 is 0 Å². The summed E-state index contributed by atoms with van der Waals surface area (Å²) >= 11 is 3.38. The number of nitrogens with one attached hydrogen (secondary N) is 1. The summed E-state index contributed by atoms with van der Waals surface area (Å²) in [5.41, 5.74) is 1.08. The van der Waals surface area contributed by atoms with Crippen LogP contribution in [0.3, 0.4) is 0 Å². The molecule has 0 bridgehead atoms. The normalized spacial score (nSPS) is 10.5. The van der Waals surface area contributed by atoms with E-state index in [1.54, 1.807) is 12.4 Å². The Bertz CT molecular complexity index is 510. The van der Waals surface area contributed by atoms with E-state index in [9.17, 15) is 0 Å². The molecule has 17 heavy (non-hydrogen) atoms. The largest absolute Gasteiger partial charge is 0.444 e. The number of nitrogens with zero attached hydrogens (tertiary/aromatic N) is 2. The first-order valence-electron chi connectivity index (χ1n) is 5.48. The van der Waals surface area contributed by atoms with Crippen molar-refractivity contribution in [3.05, 3.63) is 40.1 Å². The molecule has 0 aliphatic heterocycles. The van der Waals surface area contributed by atoms with Gasteiger partial charge in [0.15, 0.2) is 0 Å². The van der Waals surface area contributed by atoms with Gasteiger partial charge in [0.1, 0.15) is 11.6 Å². The number of anilines is 1. The number of pyridine rings is 1. The molecular weight excluding hydrogens is 282 g/mol. The van der Waals surface area contributed by atoms with Gasteiger partial charge in [-0.25, -0.2) is 9.97 Å². The first-order valence-corrected chi connectivity index (χ1v) is 6.28. The summed E-state index contributed by atoms with van der Waals surface area (Å²) in [6.45, 7) is 4.60. The molecule has 0 unspecified atom stereocenters. The second-order valence-electron chi connectivity index (χ2n) is 3.75. The van der Waals surface area contributed by atoms with Gasteiger partial charge in [0.25, 0.3) is 0 Å². The van der Waals surface area contributed by atoms with Gasteiger partial charge in [0, 0.05) is 17.1 Å². The van der Waals surface area contributed by atoms with Gasteiger partial charge in [0.05, 0.1) is 12.7 Å². The number of halogens is 1. The third-order valence-electron chi connectivity index (χ3n) is 2.40. The van der Waals surface area contributed by atoms with Gasteiger partial charge in [-0.15, -0.1) is 0 Å². The monoisotopic (exact) mass is 295 g/mol. The van der Waals surface area contributed by atoms with E-state index in [4.69, 9.17) is 4.42 Å². The summed E-state index contributed by atoms with van der Waals surface area (Å²) in [7, 11) is 0. The van der Waals surface area contributed by atoms with Crippen LogP contribution >= 0.6 is 15.9 Å². The summed E-state index contributed by atoms with van der Waals surface area (Å²) in [5, 5.41) is 3.21. The van der Waals surface area contributed by atoms with Gasteiger partial charge < -0.3 is 9.73 Å². The molecule has 1 N–H and O–H groups in total. The van der Waals surface area contributed by atoms with Gasteiger partial charge in [-0.05, 0) is 34.5 Å². The first kappa shape index (κ1) is 12.1. The minimum absolute atomic E-state index is 0.551. The fraction of sp³-hybridized carbons (Fsp3) is 0.333. The smallest absolute Gasteiger partial charge is 0.213 e. The van der Waals surface area contributed by atoms with Gasteiger partial charge in [0.2, 0.25) is 5.89 Å². The van der Waals surface area contributed by atoms with Crippen LogP contribution in [0, 0.1) is 6.92 Å². The topological polar surface area (TPSA) is 51.0 Å². The molecule has 0 radical (unpaired) electrons. The van der Waals surface area contributed by atoms with Crippen LogP contribution in [-0.2, 0) is 13.0 Å². The third-order valence-corrected chi connectivity index (χ3v) is 2.84. The Morgan fingerprint density at radius 2 is 2.18 bits per heavy atom. The quantitative estimate of drug-likeness (QED) is 0.940. The highest BCUT2D eigenvalue weighted by Crippen LogP contribution is 2.17. The number of hydrogen-bond acceptors (Lipinski definition) is 4. The maximum Gasteiger partial charge on any atom is 0.213 e. The van der Waals surface area contributed by atoms with Crippen LogP contribution in [0.15, 0.2) is 27.3 Å². The molecule has 90 valence electrons. The van der Waals surface area contributed by atoms with Gasteiger partial charge in [-0.1, -0.05) is 6.92 Å². The molecule has 0 amide bonds. The lowest BCUT2D eigenvalue weighted by Crippen LogP contribution is -2.03. The molecule has 0 fully saturated rings. The minimum atomic E-state index is 0.551. The molecule has 2 aromatic heterocycles. The van der Waals surface area contributed by atoms with Crippen molar-refractivity contribution in [2.24, 2.45) is 0 Å². The molecule has 2 rings (SSSR count). The minimum Gasteiger partial charge on any atom is -0.444 e. The van der Waals surface area contributed by atoms with E-state index in [1.165, 1.54) is 0 Å². The fourth-order valence-electron chi connectivity index (χ4n) is 1.48. The molecule has 5 heteroatoms. The Morgan fingerprint density at radius 3 is 2.82 bits per heavy atom. The molecule has 0 spiro atoms. The number of oxazole rings is 1. The van der Waals surface area contributed by atoms with Crippen molar-refractivity contribution in [3.63, 3.8) is 0 Å². The van der Waals surface area contributed by atoms with Crippen LogP contribution < -0.4 is 5.32 Å². The Labute approximate surface area is 109 Å². The Balaban J connectivity index is 2.02. The second-order valence-corrected chi connectivity index (χ2v) is 4.66. The van der Waals surface area contributed by atoms with Crippen LogP contribution in [0.4, 0.5) is 5.82 Å². The van der Waals surface area contributed by atoms with Crippen LogP contribution in [0.5, 0.6) is 0 Å². The lowest BCUT2D eigenvalue weighted by Gasteiger charge is -2.06. The summed E-state index contributed by atoms with van der Waals surface area (Å²) < 4.78 is 6.48. The van der Waals surface area contributed by atoms with Crippen molar-refractivity contribution in [3.8, 4) is 0 Å². The lowest BCUT2D eigenvalue weighted by atomic mass is 10.3. The highest BCUT2D eigenvalue weighted by molar-refractivity contribution is 9.10. The average molecular weight is 296 g/mol. The van der Waals surface area contributed by atoms with Crippen LogP contribution in [0.2, 0.25) is 0 Å². The highest BCUT2D eigenvalue weighted by atomic mass is 79.9. The molecule has 4 nitrogen and oxygen atoms in total. The van der Waals surface area contributed by atoms with E-state index >= 15 is 0 Å². The number of aryl methyl sites for hydroxylation is 2. The molecule has 0 saturated carbocycles. The summed E-state index contributed by atoms with van der Waals surface area (Å²) in [4.78, 5) is 8.48. The SMILES string of the molecule is CCc1cnc(CNc2ncc(Br)cc2C)o1. The van der Waals surface area contributed by atoms with Crippen LogP contribution in [0.1, 0.15) is 24.1 Å². The van der Waals surface area contributed by atoms with Crippen molar-refractivity contribution in [2.75, 3.05) is 5.32 Å². The lowest BCUT2D eigenvalue weighted by molar-refractivity contribution is 0.465. The Kier molecular flexibility index (Phi) is 3.78. The van der Waals surface area contributed by atoms with E-state index in [1.807, 2.05) is 19.9 Å². The highest BCUT2D eigenvalue weighted by Gasteiger charge is 2.04. The zero-order valence-electron chi connectivity index (χ0n) is 9.83. The average Bonchev–Trinajstić information content (AvgIpc) is 2.76. The van der Waals surface area contributed by atoms with E-state index in [2.05, 4.69) is 31.2 Å². The first-order chi connectivity index (χ1) is 8.19. The molecule has 2 heterocycles. The van der Waals surface area contributed by atoms with Crippen molar-refractivity contribution in [1.82, 2.24) is 9.97 Å². The third kappa shape index (κ3) is 3.06. The van der Waals surface area contributed by atoms with Crippen molar-refractivity contribution < 1.29 is 4.42 Å². The van der Waals surface area contributed by atoms with E-state index in [0.717, 1.165) is 28.0 Å². The molecule has 0 atom stereocenters. The molecule has 0 aliphatic carbocycles. The molecule has 2 aromatic rings. The zero-order valence-corrected chi connectivity index (χ0v) is 11.4. The predicted octanol–water partition coefficient (Wildman–Crippen LogP) is 3.32. The Hall–Kier alpha value is -1.36. The predicted molar refractivity (Wildman–Crippen MR) is 69.9 cm³/mol. The maximum absolute atomic E-state index is 5.51. The standard InChI is InChI=1S/C12H14BrN3O/c1-3-10-6-14-11(17-10)7-16-12-8(2)4-9(13)5-15-12/h4-6H,3,7H2,1-2H3,(H,15,16). The summed E-state index contributed by atoms with van der Waals surface area (Å²) in [6.07, 6.45) is 4.39. The Morgan fingerprint density at radius 1 is 1.35 bits per heavy atom. The van der Waals surface area contributed by atoms with Gasteiger partial charge in [-0.3, -0.25) is 0 Å². The van der Waals surface area contributed by atoms with E-state index < -0.39 is 0 Å². The van der Waals surface area contributed by atoms with E-state index in [0.29, 0.717) is 12.4 Å². The zero-order chi connectivity index (χ0) is 12.3. The van der Waals surface area contributed by atoms with Crippen LogP contribution in [0.25, 0.3) is 0 Å². The number of rotatable bonds is 4. The number of aromatic nitrogens is 2. The second kappa shape index (κ2) is 5.31. The van der Waals surface area contributed by atoms with Crippen LogP contribution in [-0.4, -0.2) is 9.97 Å². The van der Waals surface area contributed by atoms with Crippen molar-refractivity contribution in [2.45, 2.75) is 26.8 Å². The van der Waals surface area contributed by atoms with E-state index in [-0.39, 0.29) is 0 Å². The van der Waals surface area contributed by atoms with Crippen molar-refractivity contribution >= 4 is 21.7 Å². The number of hydrogen-bond donors (Lipinski definition) is 1. The van der Waals surface area contributed by atoms with Crippen molar-refractivity contribution in [1.29, 1.82) is 0 Å². The summed E-state index contributed by atoms with van der Waals surface area (Å²) in [6, 6.07) is 2.02.